The molecule has 11 atom stereocenters. The van der Waals surface area contributed by atoms with Crippen LogP contribution in [0.15, 0.2) is 35.5 Å². The monoisotopic (exact) mass is 887 g/mol. The van der Waals surface area contributed by atoms with E-state index in [1.807, 2.05) is 69.0 Å². The normalized spacial score (nSPS) is 35.1. The minimum Gasteiger partial charge on any atom is -0.459 e. The minimum absolute atomic E-state index is 0.00144. The van der Waals surface area contributed by atoms with Gasteiger partial charge in [-0.3, -0.25) is 14.4 Å². The van der Waals surface area contributed by atoms with Crippen LogP contribution in [-0.2, 0) is 52.4 Å². The number of esters is 2. The zero-order valence-corrected chi connectivity index (χ0v) is 40.4. The number of cyclic esters (lactones) is 1. The maximum Gasteiger partial charge on any atom is 0.308 e. The number of ether oxygens (including phenoxy) is 6. The summed E-state index contributed by atoms with van der Waals surface area (Å²) < 4.78 is 36.6. The number of fused-ring (bicyclic) bond motifs is 6. The lowest BCUT2D eigenvalue weighted by Gasteiger charge is -2.54. The highest BCUT2D eigenvalue weighted by Crippen LogP contribution is 2.50. The second-order valence-corrected chi connectivity index (χ2v) is 16.2. The van der Waals surface area contributed by atoms with Crippen molar-refractivity contribution >= 4 is 31.3 Å². The predicted molar refractivity (Wildman–Crippen MR) is 237 cm³/mol. The van der Waals surface area contributed by atoms with Crippen molar-refractivity contribution in [3.8, 4) is 0 Å². The first kappa shape index (κ1) is 60.9. The third kappa shape index (κ3) is 16.4. The number of hydrogen-bond donors (Lipinski definition) is 4. The molecule has 0 amide bonds. The maximum atomic E-state index is 13.2. The molecular weight excluding hydrogens is 805 g/mol. The van der Waals surface area contributed by atoms with E-state index in [0.717, 1.165) is 5.57 Å². The molecule has 3 fully saturated rings. The van der Waals surface area contributed by atoms with Crippen LogP contribution in [0.1, 0.15) is 148 Å². The van der Waals surface area contributed by atoms with Crippen LogP contribution in [0, 0.1) is 10.8 Å². The molecule has 0 aromatic rings. The van der Waals surface area contributed by atoms with E-state index < -0.39 is 95.7 Å². The molecule has 0 saturated carbocycles. The summed E-state index contributed by atoms with van der Waals surface area (Å²) in [5.74, 6) is -5.44. The number of carbonyl (C=O) groups excluding carboxylic acids is 5. The summed E-state index contributed by atoms with van der Waals surface area (Å²) in [7, 11) is 1.55. The first-order valence-corrected chi connectivity index (χ1v) is 22.0. The number of methoxy groups -OCH3 is 1. The van der Waals surface area contributed by atoms with Gasteiger partial charge < -0.3 is 58.4 Å². The summed E-state index contributed by atoms with van der Waals surface area (Å²) in [5, 5.41) is 46.5. The van der Waals surface area contributed by atoms with Crippen LogP contribution in [0.4, 0.5) is 0 Å². The lowest BCUT2D eigenvalue weighted by atomic mass is 9.70. The van der Waals surface area contributed by atoms with E-state index in [4.69, 9.17) is 38.0 Å². The molecule has 15 nitrogen and oxygen atoms in total. The van der Waals surface area contributed by atoms with Gasteiger partial charge in [-0.05, 0) is 51.7 Å². The average Bonchev–Trinajstić information content (AvgIpc) is 3.22. The Morgan fingerprint density at radius 1 is 0.871 bits per heavy atom. The standard InChI is InChI=1S/C39H60O13.3C2H6.2CH2O/c1-10-26-16-29-19-32(23(3)41)50-34(44)18-27(43)17-30-20-33(47-9)37(7,8)38(45,51-30)21-31-15-25(13-22(2)40)14-28(49-31)11-12-36(5,6)39(46,52-29)35(26)48-24(4)42;5*1-2/h10-13,23,27-33,35,41,43,45-46H,14-21H2,1-9H3;3*1-2H3;2*1H2/b12-11+,25-13+,26-10+;;;;;. The summed E-state index contributed by atoms with van der Waals surface area (Å²) >= 11 is 0. The van der Waals surface area contributed by atoms with Crippen molar-refractivity contribution in [2.75, 3.05) is 7.11 Å². The van der Waals surface area contributed by atoms with Gasteiger partial charge >= 0.3 is 11.9 Å². The molecule has 62 heavy (non-hydrogen) atoms. The largest absolute Gasteiger partial charge is 0.459 e. The molecule has 4 N–H and O–H groups in total. The molecule has 0 radical (unpaired) electrons. The van der Waals surface area contributed by atoms with Gasteiger partial charge in [0.05, 0.1) is 49.1 Å². The van der Waals surface area contributed by atoms with Crippen LogP contribution in [0.2, 0.25) is 0 Å². The molecule has 11 unspecified atom stereocenters. The molecule has 0 aromatic carbocycles. The molecule has 4 heterocycles. The number of carbonyl (C=O) groups is 5. The number of aliphatic hydroxyl groups excluding tert-OH is 2. The summed E-state index contributed by atoms with van der Waals surface area (Å²) in [4.78, 5) is 53.8. The van der Waals surface area contributed by atoms with Crippen molar-refractivity contribution in [2.24, 2.45) is 10.8 Å². The van der Waals surface area contributed by atoms with Gasteiger partial charge in [-0.25, -0.2) is 0 Å². The summed E-state index contributed by atoms with van der Waals surface area (Å²) in [5.41, 5.74) is -0.776. The Morgan fingerprint density at radius 3 is 1.95 bits per heavy atom. The Morgan fingerprint density at radius 2 is 1.45 bits per heavy atom. The zero-order chi connectivity index (χ0) is 48.8. The highest BCUT2D eigenvalue weighted by molar-refractivity contribution is 5.88. The molecule has 3 saturated heterocycles. The van der Waals surface area contributed by atoms with Crippen LogP contribution in [-0.4, -0.2) is 125 Å². The van der Waals surface area contributed by atoms with Gasteiger partial charge in [-0.2, -0.15) is 0 Å². The Bertz CT molecular complexity index is 1440. The van der Waals surface area contributed by atoms with E-state index in [9.17, 15) is 34.8 Å². The van der Waals surface area contributed by atoms with E-state index in [1.54, 1.807) is 52.2 Å². The summed E-state index contributed by atoms with van der Waals surface area (Å²) in [6.07, 6.45) is -0.0303. The van der Waals surface area contributed by atoms with Crippen molar-refractivity contribution in [3.05, 3.63) is 35.5 Å². The maximum absolute atomic E-state index is 13.2. The van der Waals surface area contributed by atoms with Gasteiger partial charge in [0.15, 0.2) is 17.7 Å². The van der Waals surface area contributed by atoms with Crippen molar-refractivity contribution < 1.29 is 72.8 Å². The van der Waals surface area contributed by atoms with E-state index >= 15 is 0 Å². The molecule has 15 heteroatoms. The smallest absolute Gasteiger partial charge is 0.308 e. The van der Waals surface area contributed by atoms with Crippen molar-refractivity contribution in [1.29, 1.82) is 0 Å². The van der Waals surface area contributed by atoms with E-state index in [1.165, 1.54) is 20.8 Å². The zero-order valence-electron chi connectivity index (χ0n) is 40.4. The first-order valence-electron chi connectivity index (χ1n) is 22.0. The molecule has 360 valence electrons. The fourth-order valence-corrected chi connectivity index (χ4v) is 8.09. The number of aliphatic hydroxyl groups is 4. The molecule has 0 spiro atoms. The highest BCUT2D eigenvalue weighted by Gasteiger charge is 2.58. The Balaban J connectivity index is 0. The lowest BCUT2D eigenvalue weighted by Crippen LogP contribution is -2.62. The highest BCUT2D eigenvalue weighted by atomic mass is 16.7. The Labute approximate surface area is 371 Å². The van der Waals surface area contributed by atoms with Crippen LogP contribution in [0.25, 0.3) is 0 Å². The van der Waals surface area contributed by atoms with E-state index in [2.05, 4.69) is 0 Å². The summed E-state index contributed by atoms with van der Waals surface area (Å²) in [6, 6.07) is 0. The molecule has 6 bridgehead atoms. The number of allylic oxidation sites excluding steroid dienone is 2. The molecular formula is C47H82O15. The quantitative estimate of drug-likeness (QED) is 0.136. The molecule has 0 aromatic heterocycles. The Hall–Kier alpha value is -3.15. The molecule has 4 rings (SSSR count). The van der Waals surface area contributed by atoms with Crippen molar-refractivity contribution in [1.82, 2.24) is 0 Å². The van der Waals surface area contributed by atoms with Gasteiger partial charge in [0.1, 0.15) is 19.7 Å². The fourth-order valence-electron chi connectivity index (χ4n) is 8.09. The fraction of sp³-hybridized carbons (Fsp3) is 0.766. The van der Waals surface area contributed by atoms with Crippen LogP contribution >= 0.6 is 0 Å². The third-order valence-corrected chi connectivity index (χ3v) is 11.2. The first-order chi connectivity index (χ1) is 29.1. The van der Waals surface area contributed by atoms with E-state index in [-0.39, 0.29) is 31.5 Å². The third-order valence-electron chi connectivity index (χ3n) is 11.2. The second kappa shape index (κ2) is 28.6. The van der Waals surface area contributed by atoms with Gasteiger partial charge in [0, 0.05) is 50.5 Å². The SMILES string of the molecule is C/C=C1\CC2CC(C(C)O)OC(=O)CC(O)CC3CC(OC)C(C)(C)C(O)(CC4C/C(=C/C(C)=O)CC(/C=C/C(C)(C)C(O)(O2)C1OC(C)=O)O4)O3.C=O.C=O.CC.CC.CC. The average molecular weight is 887 g/mol. The van der Waals surface area contributed by atoms with Gasteiger partial charge in [-0.1, -0.05) is 93.0 Å². The van der Waals surface area contributed by atoms with E-state index in [0.29, 0.717) is 24.8 Å². The van der Waals surface area contributed by atoms with Crippen LogP contribution in [0.5, 0.6) is 0 Å². The molecule has 4 aliphatic heterocycles. The van der Waals surface area contributed by atoms with Crippen LogP contribution in [0.3, 0.4) is 0 Å². The Kier molecular flexibility index (Phi) is 28.1. The minimum atomic E-state index is -2.13. The number of ketones is 1. The summed E-state index contributed by atoms with van der Waals surface area (Å²) in [6.45, 7) is 29.1. The van der Waals surface area contributed by atoms with Gasteiger partial charge in [-0.15, -0.1) is 0 Å². The lowest BCUT2D eigenvalue weighted by molar-refractivity contribution is -0.350. The van der Waals surface area contributed by atoms with Gasteiger partial charge in [0.25, 0.3) is 0 Å². The van der Waals surface area contributed by atoms with Gasteiger partial charge in [0.2, 0.25) is 5.79 Å². The topological polar surface area (TPSA) is 222 Å². The predicted octanol–water partition coefficient (Wildman–Crippen LogP) is 6.44. The van der Waals surface area contributed by atoms with Crippen LogP contribution < -0.4 is 0 Å². The molecule has 0 aliphatic carbocycles. The number of hydrogen-bond acceptors (Lipinski definition) is 15. The van der Waals surface area contributed by atoms with Crippen molar-refractivity contribution in [3.63, 3.8) is 0 Å². The second-order valence-electron chi connectivity index (χ2n) is 16.2. The molecule has 4 aliphatic rings. The number of rotatable bonds is 4. The van der Waals surface area contributed by atoms with Crippen molar-refractivity contribution in [2.45, 2.75) is 215 Å².